The van der Waals surface area contributed by atoms with Gasteiger partial charge in [-0.15, -0.1) is 0 Å². The summed E-state index contributed by atoms with van der Waals surface area (Å²) in [6.45, 7) is 10.6. The molecule has 0 spiro atoms. The molecule has 0 aromatic heterocycles. The minimum atomic E-state index is 0.745. The quantitative estimate of drug-likeness (QED) is 0.0887. The molecular weight excluding hydrogens is 693 g/mol. The van der Waals surface area contributed by atoms with E-state index in [1.54, 1.807) is 0 Å². The van der Waals surface area contributed by atoms with Crippen LogP contribution in [0.2, 0.25) is 0 Å². The molecule has 0 saturated heterocycles. The minimum absolute atomic E-state index is 0.745. The lowest BCUT2D eigenvalue weighted by atomic mass is 9.77. The van der Waals surface area contributed by atoms with E-state index in [9.17, 15) is 0 Å². The first-order valence-electron chi connectivity index (χ1n) is 22.8. The Kier molecular flexibility index (Phi) is 19.2. The predicted molar refractivity (Wildman–Crippen MR) is 242 cm³/mol. The van der Waals surface area contributed by atoms with Crippen LogP contribution in [0, 0.1) is 35.5 Å². The van der Waals surface area contributed by atoms with E-state index in [-0.39, 0.29) is 0 Å². The van der Waals surface area contributed by atoms with Gasteiger partial charge in [0.05, 0.1) is 13.2 Å². The number of unbranched alkanes of at least 4 members (excludes halogenated alkanes) is 3. The summed E-state index contributed by atoms with van der Waals surface area (Å²) in [6, 6.07) is 34.1. The Morgan fingerprint density at radius 2 is 0.719 bits per heavy atom. The van der Waals surface area contributed by atoms with Crippen molar-refractivity contribution in [3.8, 4) is 35.2 Å². The average Bonchev–Trinajstić information content (AvgIpc) is 3.26. The molecular formula is C55H70O2. The molecule has 0 amide bonds. The van der Waals surface area contributed by atoms with Gasteiger partial charge < -0.3 is 9.47 Å². The van der Waals surface area contributed by atoms with Gasteiger partial charge in [-0.25, -0.2) is 0 Å². The van der Waals surface area contributed by atoms with Crippen molar-refractivity contribution in [2.75, 3.05) is 13.2 Å². The third kappa shape index (κ3) is 15.5. The molecule has 0 aliphatic heterocycles. The Labute approximate surface area is 347 Å². The van der Waals surface area contributed by atoms with Crippen molar-refractivity contribution < 1.29 is 9.47 Å². The lowest BCUT2D eigenvalue weighted by Gasteiger charge is -2.28. The highest BCUT2D eigenvalue weighted by molar-refractivity contribution is 5.46. The summed E-state index contributed by atoms with van der Waals surface area (Å²) in [5.74, 6) is 18.4. The zero-order valence-electron chi connectivity index (χ0n) is 35.8. The lowest BCUT2D eigenvalue weighted by Crippen LogP contribution is -2.13. The van der Waals surface area contributed by atoms with Crippen LogP contribution in [0.3, 0.4) is 0 Å². The first-order valence-corrected chi connectivity index (χ1v) is 22.8. The summed E-state index contributed by atoms with van der Waals surface area (Å²) < 4.78 is 11.5. The highest BCUT2D eigenvalue weighted by atomic mass is 16.5. The maximum Gasteiger partial charge on any atom is 0.119 e. The molecule has 2 aliphatic carbocycles. The Morgan fingerprint density at radius 1 is 0.386 bits per heavy atom. The van der Waals surface area contributed by atoms with Crippen LogP contribution in [0.25, 0.3) is 0 Å². The fraction of sp³-hybridized carbons (Fsp3) is 0.491. The van der Waals surface area contributed by atoms with Crippen LogP contribution in [0.4, 0.5) is 0 Å². The summed E-state index contributed by atoms with van der Waals surface area (Å²) in [5.41, 5.74) is 7.23. The normalized spacial score (nSPS) is 18.8. The SMILES string of the molecule is CCCCCOc1ccc(C#Cc2ccc(C3CCC(CCC)CC3)cc2)cc1.CCCCOc1ccc(C#Cc2ccc(C3CCC(CCC)CC3)cc2)cc1. The Bertz CT molecular complexity index is 1800. The van der Waals surface area contributed by atoms with Crippen LogP contribution in [-0.4, -0.2) is 13.2 Å². The van der Waals surface area contributed by atoms with Crippen molar-refractivity contribution in [3.05, 3.63) is 130 Å². The summed E-state index contributed by atoms with van der Waals surface area (Å²) in [5, 5.41) is 0. The molecule has 2 nitrogen and oxygen atoms in total. The van der Waals surface area contributed by atoms with Gasteiger partial charge in [0, 0.05) is 22.3 Å². The molecule has 6 rings (SSSR count). The fourth-order valence-corrected chi connectivity index (χ4v) is 8.50. The number of hydrogen-bond acceptors (Lipinski definition) is 2. The van der Waals surface area contributed by atoms with Crippen molar-refractivity contribution in [3.63, 3.8) is 0 Å². The number of hydrogen-bond donors (Lipinski definition) is 0. The van der Waals surface area contributed by atoms with E-state index in [0.29, 0.717) is 0 Å². The summed E-state index contributed by atoms with van der Waals surface area (Å²) in [6.07, 6.45) is 22.3. The Balaban J connectivity index is 0.000000218. The molecule has 0 atom stereocenters. The lowest BCUT2D eigenvalue weighted by molar-refractivity contribution is 0.306. The van der Waals surface area contributed by atoms with Gasteiger partial charge in [-0.2, -0.15) is 0 Å². The molecule has 302 valence electrons. The van der Waals surface area contributed by atoms with E-state index in [2.05, 4.69) is 99.9 Å². The molecule has 2 fully saturated rings. The van der Waals surface area contributed by atoms with Gasteiger partial charge in [0.2, 0.25) is 0 Å². The highest BCUT2D eigenvalue weighted by Crippen LogP contribution is 2.38. The standard InChI is InChI=1S/C28H36O.C27H34O/c1-3-5-6-22-29-28-20-14-25(15-21-28)9-8-24-12-18-27(19-13-24)26-16-10-23(7-4-2)11-17-26;1-3-5-21-28-27-19-13-24(14-20-27)8-7-23-11-17-26(18-12-23)25-15-9-22(6-4-2)10-16-25/h12-15,18-21,23,26H,3-7,10-11,16-17,22H2,1-2H3;11-14,17-20,22,25H,3-6,9-10,15-16,21H2,1-2H3. The monoisotopic (exact) mass is 763 g/mol. The molecule has 4 aromatic carbocycles. The zero-order chi connectivity index (χ0) is 39.9. The van der Waals surface area contributed by atoms with E-state index in [1.165, 1.54) is 101 Å². The van der Waals surface area contributed by atoms with Crippen molar-refractivity contribution >= 4 is 0 Å². The first kappa shape index (κ1) is 43.7. The first-order chi connectivity index (χ1) is 28.1. The molecule has 4 aromatic rings. The van der Waals surface area contributed by atoms with Gasteiger partial charge in [-0.05, 0) is 172 Å². The van der Waals surface area contributed by atoms with Crippen LogP contribution in [0.15, 0.2) is 97.1 Å². The topological polar surface area (TPSA) is 18.5 Å². The number of benzene rings is 4. The zero-order valence-corrected chi connectivity index (χ0v) is 35.8. The van der Waals surface area contributed by atoms with Crippen LogP contribution in [0.1, 0.15) is 182 Å². The Morgan fingerprint density at radius 3 is 1.05 bits per heavy atom. The molecule has 0 bridgehead atoms. The van der Waals surface area contributed by atoms with Crippen LogP contribution < -0.4 is 9.47 Å². The van der Waals surface area contributed by atoms with Crippen LogP contribution >= 0.6 is 0 Å². The van der Waals surface area contributed by atoms with E-state index in [4.69, 9.17) is 9.47 Å². The predicted octanol–water partition coefficient (Wildman–Crippen LogP) is 15.1. The second-order valence-electron chi connectivity index (χ2n) is 16.6. The van der Waals surface area contributed by atoms with E-state index in [1.807, 2.05) is 48.5 Å². The molecule has 57 heavy (non-hydrogen) atoms. The molecule has 0 heterocycles. The van der Waals surface area contributed by atoms with Gasteiger partial charge in [-0.1, -0.05) is 121 Å². The van der Waals surface area contributed by atoms with Gasteiger partial charge in [0.25, 0.3) is 0 Å². The minimum Gasteiger partial charge on any atom is -0.494 e. The van der Waals surface area contributed by atoms with Crippen LogP contribution in [-0.2, 0) is 0 Å². The van der Waals surface area contributed by atoms with Gasteiger partial charge in [-0.3, -0.25) is 0 Å². The van der Waals surface area contributed by atoms with Gasteiger partial charge >= 0.3 is 0 Å². The molecule has 2 heteroatoms. The third-order valence-corrected chi connectivity index (χ3v) is 12.0. The summed E-state index contributed by atoms with van der Waals surface area (Å²) in [4.78, 5) is 0. The van der Waals surface area contributed by atoms with E-state index >= 15 is 0 Å². The molecule has 0 radical (unpaired) electrons. The third-order valence-electron chi connectivity index (χ3n) is 12.0. The summed E-state index contributed by atoms with van der Waals surface area (Å²) in [7, 11) is 0. The maximum atomic E-state index is 5.77. The fourth-order valence-electron chi connectivity index (χ4n) is 8.50. The molecule has 0 unspecified atom stereocenters. The smallest absolute Gasteiger partial charge is 0.119 e. The molecule has 2 saturated carbocycles. The maximum absolute atomic E-state index is 5.77. The highest BCUT2D eigenvalue weighted by Gasteiger charge is 2.22. The molecule has 0 N–H and O–H groups in total. The Hall–Kier alpha value is -4.40. The molecule has 2 aliphatic rings. The van der Waals surface area contributed by atoms with Gasteiger partial charge in [0.1, 0.15) is 11.5 Å². The number of ether oxygens (including phenoxy) is 2. The average molecular weight is 763 g/mol. The largest absolute Gasteiger partial charge is 0.494 e. The number of rotatable bonds is 15. The van der Waals surface area contributed by atoms with Crippen molar-refractivity contribution in [1.29, 1.82) is 0 Å². The van der Waals surface area contributed by atoms with Crippen molar-refractivity contribution in [2.24, 2.45) is 11.8 Å². The second-order valence-corrected chi connectivity index (χ2v) is 16.6. The van der Waals surface area contributed by atoms with E-state index < -0.39 is 0 Å². The van der Waals surface area contributed by atoms with Crippen molar-refractivity contribution in [2.45, 2.75) is 149 Å². The van der Waals surface area contributed by atoms with Crippen LogP contribution in [0.5, 0.6) is 11.5 Å². The van der Waals surface area contributed by atoms with Gasteiger partial charge in [0.15, 0.2) is 0 Å². The van der Waals surface area contributed by atoms with E-state index in [0.717, 1.165) is 89.9 Å². The summed E-state index contributed by atoms with van der Waals surface area (Å²) >= 11 is 0. The second kappa shape index (κ2) is 25.1. The van der Waals surface area contributed by atoms with Crippen molar-refractivity contribution in [1.82, 2.24) is 0 Å².